The van der Waals surface area contributed by atoms with Gasteiger partial charge in [0.25, 0.3) is 0 Å². The number of ether oxygens (including phenoxy) is 2. The number of rotatable bonds is 10. The van der Waals surface area contributed by atoms with Crippen molar-refractivity contribution >= 4 is 11.9 Å². The van der Waals surface area contributed by atoms with Gasteiger partial charge in [-0.1, -0.05) is 6.07 Å². The number of nitrogens with zero attached hydrogens (tertiary/aromatic N) is 3. The molecule has 1 heterocycles. The second-order valence-electron chi connectivity index (χ2n) is 6.93. The molecule has 1 aromatic rings. The van der Waals surface area contributed by atoms with E-state index in [-0.39, 0.29) is 5.91 Å². The van der Waals surface area contributed by atoms with Gasteiger partial charge in [-0.25, -0.2) is 0 Å². The van der Waals surface area contributed by atoms with Crippen molar-refractivity contribution in [3.05, 3.63) is 23.8 Å². The highest BCUT2D eigenvalue weighted by Crippen LogP contribution is 2.27. The number of amides is 1. The SMILES string of the molecule is CCNC(=NCCCN1CCCC1=O)N(C)CCc1ccc(OC)c(OC)c1. The van der Waals surface area contributed by atoms with Gasteiger partial charge in [0.05, 0.1) is 14.2 Å². The molecular weight excluding hydrogens is 356 g/mol. The van der Waals surface area contributed by atoms with Gasteiger partial charge in [0.15, 0.2) is 17.5 Å². The molecule has 0 saturated carbocycles. The molecule has 1 aliphatic heterocycles. The molecule has 0 unspecified atom stereocenters. The average molecular weight is 391 g/mol. The number of carbonyl (C=O) groups is 1. The third-order valence-corrected chi connectivity index (χ3v) is 4.90. The van der Waals surface area contributed by atoms with E-state index in [1.54, 1.807) is 14.2 Å². The molecule has 1 aromatic carbocycles. The molecule has 1 N–H and O–H groups in total. The van der Waals surface area contributed by atoms with E-state index in [4.69, 9.17) is 14.5 Å². The highest BCUT2D eigenvalue weighted by Gasteiger charge is 2.19. The van der Waals surface area contributed by atoms with Gasteiger partial charge in [0, 0.05) is 46.2 Å². The van der Waals surface area contributed by atoms with Crippen molar-refractivity contribution in [3.63, 3.8) is 0 Å². The molecule has 0 spiro atoms. The maximum Gasteiger partial charge on any atom is 0.222 e. The number of hydrogen-bond donors (Lipinski definition) is 1. The predicted molar refractivity (Wildman–Crippen MR) is 112 cm³/mol. The molecule has 2 rings (SSSR count). The lowest BCUT2D eigenvalue weighted by molar-refractivity contribution is -0.127. The molecule has 0 aromatic heterocycles. The fourth-order valence-corrected chi connectivity index (χ4v) is 3.30. The van der Waals surface area contributed by atoms with Crippen LogP contribution in [0.2, 0.25) is 0 Å². The lowest BCUT2D eigenvalue weighted by Gasteiger charge is -2.22. The summed E-state index contributed by atoms with van der Waals surface area (Å²) in [7, 11) is 5.34. The zero-order chi connectivity index (χ0) is 20.4. The number of guanidine groups is 1. The first-order chi connectivity index (χ1) is 13.6. The van der Waals surface area contributed by atoms with Gasteiger partial charge in [-0.3, -0.25) is 9.79 Å². The summed E-state index contributed by atoms with van der Waals surface area (Å²) >= 11 is 0. The maximum absolute atomic E-state index is 11.7. The first-order valence-corrected chi connectivity index (χ1v) is 10.1. The van der Waals surface area contributed by atoms with Crippen LogP contribution in [-0.2, 0) is 11.2 Å². The number of benzene rings is 1. The van der Waals surface area contributed by atoms with E-state index in [0.717, 1.165) is 62.9 Å². The minimum atomic E-state index is 0.280. The highest BCUT2D eigenvalue weighted by molar-refractivity contribution is 5.79. The lowest BCUT2D eigenvalue weighted by Crippen LogP contribution is -2.40. The van der Waals surface area contributed by atoms with E-state index in [1.165, 1.54) is 5.56 Å². The van der Waals surface area contributed by atoms with Crippen LogP contribution >= 0.6 is 0 Å². The zero-order valence-corrected chi connectivity index (χ0v) is 17.7. The fraction of sp³-hybridized carbons (Fsp3) is 0.619. The van der Waals surface area contributed by atoms with Gasteiger partial charge in [-0.2, -0.15) is 0 Å². The van der Waals surface area contributed by atoms with Crippen molar-refractivity contribution in [2.24, 2.45) is 4.99 Å². The van der Waals surface area contributed by atoms with Crippen LogP contribution in [0, 0.1) is 0 Å². The van der Waals surface area contributed by atoms with Crippen LogP contribution in [0.1, 0.15) is 31.7 Å². The average Bonchev–Trinajstić information content (AvgIpc) is 3.12. The Balaban J connectivity index is 1.85. The summed E-state index contributed by atoms with van der Waals surface area (Å²) in [6, 6.07) is 6.02. The third-order valence-electron chi connectivity index (χ3n) is 4.90. The molecule has 0 radical (unpaired) electrons. The molecule has 7 heteroatoms. The summed E-state index contributed by atoms with van der Waals surface area (Å²) in [6.45, 7) is 6.15. The van der Waals surface area contributed by atoms with Crippen molar-refractivity contribution in [2.75, 3.05) is 54.0 Å². The molecule has 1 fully saturated rings. The van der Waals surface area contributed by atoms with Crippen molar-refractivity contribution < 1.29 is 14.3 Å². The van der Waals surface area contributed by atoms with E-state index >= 15 is 0 Å². The van der Waals surface area contributed by atoms with Crippen LogP contribution in [0.15, 0.2) is 23.2 Å². The second-order valence-corrected chi connectivity index (χ2v) is 6.93. The van der Waals surface area contributed by atoms with E-state index in [9.17, 15) is 4.79 Å². The number of hydrogen-bond acceptors (Lipinski definition) is 4. The van der Waals surface area contributed by atoms with E-state index < -0.39 is 0 Å². The molecular formula is C21H34N4O3. The molecule has 0 aliphatic carbocycles. The molecule has 28 heavy (non-hydrogen) atoms. The third kappa shape index (κ3) is 6.32. The van der Waals surface area contributed by atoms with E-state index in [2.05, 4.69) is 23.2 Å². The molecule has 1 amide bonds. The smallest absolute Gasteiger partial charge is 0.222 e. The quantitative estimate of drug-likeness (QED) is 0.377. The number of likely N-dealkylation sites (tertiary alicyclic amines) is 1. The zero-order valence-electron chi connectivity index (χ0n) is 17.7. The van der Waals surface area contributed by atoms with Gasteiger partial charge in [0.2, 0.25) is 5.91 Å². The standard InChI is InChI=1S/C21H34N4O3/c1-5-22-21(23-12-7-14-25-13-6-8-20(25)26)24(2)15-11-17-9-10-18(27-3)19(16-17)28-4/h9-10,16H,5-8,11-15H2,1-4H3,(H,22,23). The Hall–Kier alpha value is -2.44. The Morgan fingerprint density at radius 2 is 2.07 bits per heavy atom. The number of carbonyl (C=O) groups excluding carboxylic acids is 1. The summed E-state index contributed by atoms with van der Waals surface area (Å²) in [5.74, 6) is 2.67. The van der Waals surface area contributed by atoms with Gasteiger partial charge in [-0.05, 0) is 43.9 Å². The minimum absolute atomic E-state index is 0.280. The predicted octanol–water partition coefficient (Wildman–Crippen LogP) is 2.16. The number of methoxy groups -OCH3 is 2. The molecule has 1 saturated heterocycles. The normalized spacial score (nSPS) is 14.4. The highest BCUT2D eigenvalue weighted by atomic mass is 16.5. The van der Waals surface area contributed by atoms with E-state index in [1.807, 2.05) is 24.1 Å². The van der Waals surface area contributed by atoms with Gasteiger partial charge < -0.3 is 24.6 Å². The molecule has 0 atom stereocenters. The van der Waals surface area contributed by atoms with Crippen LogP contribution in [-0.4, -0.2) is 75.7 Å². The van der Waals surface area contributed by atoms with Crippen LogP contribution < -0.4 is 14.8 Å². The van der Waals surface area contributed by atoms with E-state index in [0.29, 0.717) is 13.0 Å². The second kappa shape index (κ2) is 11.4. The van der Waals surface area contributed by atoms with Crippen LogP contribution in [0.25, 0.3) is 0 Å². The summed E-state index contributed by atoms with van der Waals surface area (Å²) in [6.07, 6.45) is 3.46. The van der Waals surface area contributed by atoms with Crippen LogP contribution in [0.4, 0.5) is 0 Å². The largest absolute Gasteiger partial charge is 0.493 e. The summed E-state index contributed by atoms with van der Waals surface area (Å²) < 4.78 is 10.7. The number of likely N-dealkylation sites (N-methyl/N-ethyl adjacent to an activating group) is 1. The topological polar surface area (TPSA) is 66.4 Å². The summed E-state index contributed by atoms with van der Waals surface area (Å²) in [5, 5.41) is 3.35. The van der Waals surface area contributed by atoms with Crippen molar-refractivity contribution in [3.8, 4) is 11.5 Å². The number of aliphatic imine (C=N–C) groups is 1. The molecule has 156 valence electrons. The van der Waals surface area contributed by atoms with Crippen molar-refractivity contribution in [1.29, 1.82) is 0 Å². The van der Waals surface area contributed by atoms with Crippen molar-refractivity contribution in [2.45, 2.75) is 32.6 Å². The van der Waals surface area contributed by atoms with Crippen molar-refractivity contribution in [1.82, 2.24) is 15.1 Å². The Kier molecular flexibility index (Phi) is 8.91. The Morgan fingerprint density at radius 1 is 1.29 bits per heavy atom. The minimum Gasteiger partial charge on any atom is -0.493 e. The van der Waals surface area contributed by atoms with Gasteiger partial charge in [0.1, 0.15) is 0 Å². The Labute approximate surface area is 168 Å². The first-order valence-electron chi connectivity index (χ1n) is 10.1. The van der Waals surface area contributed by atoms with Gasteiger partial charge in [-0.15, -0.1) is 0 Å². The molecule has 0 bridgehead atoms. The fourth-order valence-electron chi connectivity index (χ4n) is 3.30. The van der Waals surface area contributed by atoms with Crippen LogP contribution in [0.5, 0.6) is 11.5 Å². The summed E-state index contributed by atoms with van der Waals surface area (Å²) in [4.78, 5) is 20.5. The first kappa shape index (κ1) is 21.9. The van der Waals surface area contributed by atoms with Crippen LogP contribution in [0.3, 0.4) is 0 Å². The Morgan fingerprint density at radius 3 is 2.71 bits per heavy atom. The maximum atomic E-state index is 11.7. The molecule has 1 aliphatic rings. The summed E-state index contributed by atoms with van der Waals surface area (Å²) in [5.41, 5.74) is 1.19. The van der Waals surface area contributed by atoms with Gasteiger partial charge >= 0.3 is 0 Å². The lowest BCUT2D eigenvalue weighted by atomic mass is 10.1. The Bertz CT molecular complexity index is 663. The number of nitrogens with one attached hydrogen (secondary N) is 1. The monoisotopic (exact) mass is 390 g/mol. The molecule has 7 nitrogen and oxygen atoms in total.